The lowest BCUT2D eigenvalue weighted by Crippen LogP contribution is -2.41. The number of alkyl halides is 3. The van der Waals surface area contributed by atoms with Gasteiger partial charge >= 0.3 is 6.18 Å². The summed E-state index contributed by atoms with van der Waals surface area (Å²) in [7, 11) is -1.54. The molecule has 7 nitrogen and oxygen atoms in total. The number of rotatable bonds is 9. The highest BCUT2D eigenvalue weighted by atomic mass is 35.5. The molecule has 0 saturated carbocycles. The summed E-state index contributed by atoms with van der Waals surface area (Å²) in [6, 6.07) is 13.7. The van der Waals surface area contributed by atoms with Gasteiger partial charge in [-0.1, -0.05) is 35.9 Å². The summed E-state index contributed by atoms with van der Waals surface area (Å²) in [6.07, 6.45) is -4.76. The third kappa shape index (κ3) is 6.47. The molecule has 0 unspecified atom stereocenters. The Hall–Kier alpha value is -3.44. The van der Waals surface area contributed by atoms with E-state index in [0.29, 0.717) is 27.4 Å². The van der Waals surface area contributed by atoms with Gasteiger partial charge in [0, 0.05) is 0 Å². The number of nitrogens with zero attached hydrogens (tertiary/aromatic N) is 1. The van der Waals surface area contributed by atoms with Crippen molar-refractivity contribution in [3.8, 4) is 11.5 Å². The van der Waals surface area contributed by atoms with Crippen molar-refractivity contribution >= 4 is 33.2 Å². The number of hydrogen-bond donors (Lipinski definition) is 1. The van der Waals surface area contributed by atoms with Crippen LogP contribution in [0.1, 0.15) is 24.1 Å². The van der Waals surface area contributed by atoms with Crippen molar-refractivity contribution < 1.29 is 35.9 Å². The molecule has 1 amide bonds. The molecule has 1 atom stereocenters. The second-order valence-corrected chi connectivity index (χ2v) is 10.2. The molecule has 12 heteroatoms. The van der Waals surface area contributed by atoms with Gasteiger partial charge in [-0.05, 0) is 55.0 Å². The summed E-state index contributed by atoms with van der Waals surface area (Å²) in [5, 5.41) is 2.40. The van der Waals surface area contributed by atoms with Crippen LogP contribution in [0.15, 0.2) is 71.6 Å². The number of amides is 1. The van der Waals surface area contributed by atoms with Crippen LogP contribution in [-0.4, -0.2) is 35.1 Å². The van der Waals surface area contributed by atoms with E-state index in [1.54, 1.807) is 31.2 Å². The van der Waals surface area contributed by atoms with Crippen LogP contribution in [-0.2, 0) is 21.0 Å². The summed E-state index contributed by atoms with van der Waals surface area (Å²) < 4.78 is 78.2. The van der Waals surface area contributed by atoms with Crippen LogP contribution in [0, 0.1) is 0 Å². The molecule has 0 aromatic heterocycles. The molecule has 0 aliphatic rings. The zero-order valence-electron chi connectivity index (χ0n) is 20.0. The molecule has 3 rings (SSSR count). The minimum Gasteiger partial charge on any atom is -0.493 e. The van der Waals surface area contributed by atoms with Crippen LogP contribution >= 0.6 is 11.6 Å². The van der Waals surface area contributed by atoms with Crippen molar-refractivity contribution in [3.05, 3.63) is 82.9 Å². The highest BCUT2D eigenvalue weighted by Crippen LogP contribution is 2.37. The van der Waals surface area contributed by atoms with Crippen molar-refractivity contribution in [1.29, 1.82) is 0 Å². The van der Waals surface area contributed by atoms with Crippen LogP contribution in [0.2, 0.25) is 5.02 Å². The fourth-order valence-electron chi connectivity index (χ4n) is 3.52. The molecule has 3 aromatic carbocycles. The Morgan fingerprint density at radius 2 is 1.65 bits per heavy atom. The first kappa shape index (κ1) is 28.1. The molecule has 3 aromatic rings. The van der Waals surface area contributed by atoms with Gasteiger partial charge in [0.1, 0.15) is 6.54 Å². The Kier molecular flexibility index (Phi) is 8.60. The van der Waals surface area contributed by atoms with E-state index in [9.17, 15) is 26.4 Å². The van der Waals surface area contributed by atoms with E-state index in [4.69, 9.17) is 21.1 Å². The van der Waals surface area contributed by atoms with Gasteiger partial charge in [-0.15, -0.1) is 0 Å². The van der Waals surface area contributed by atoms with Gasteiger partial charge in [0.05, 0.1) is 41.4 Å². The van der Waals surface area contributed by atoms with Gasteiger partial charge in [-0.2, -0.15) is 13.2 Å². The predicted octanol–water partition coefficient (Wildman–Crippen LogP) is 5.45. The quantitative estimate of drug-likeness (QED) is 0.379. The number of hydrogen-bond acceptors (Lipinski definition) is 5. The fraction of sp³-hybridized carbons (Fsp3) is 0.240. The molecule has 0 aliphatic heterocycles. The van der Waals surface area contributed by atoms with E-state index in [1.165, 1.54) is 38.5 Å². The topological polar surface area (TPSA) is 84.9 Å². The fourth-order valence-corrected chi connectivity index (χ4v) is 5.24. The van der Waals surface area contributed by atoms with E-state index in [2.05, 4.69) is 5.32 Å². The first-order valence-corrected chi connectivity index (χ1v) is 12.7. The summed E-state index contributed by atoms with van der Waals surface area (Å²) in [4.78, 5) is 12.8. The summed E-state index contributed by atoms with van der Waals surface area (Å²) in [6.45, 7) is 0.836. The number of nitrogens with one attached hydrogen (secondary N) is 1. The summed E-state index contributed by atoms with van der Waals surface area (Å²) in [5.41, 5.74) is -0.964. The number of ether oxygens (including phenoxy) is 2. The molecular formula is C25H24ClF3N2O5S. The lowest BCUT2D eigenvalue weighted by atomic mass is 10.1. The molecule has 0 radical (unpaired) electrons. The largest absolute Gasteiger partial charge is 0.493 e. The van der Waals surface area contributed by atoms with Gasteiger partial charge in [0.2, 0.25) is 5.91 Å². The zero-order chi connectivity index (χ0) is 27.4. The van der Waals surface area contributed by atoms with E-state index in [-0.39, 0.29) is 9.92 Å². The second-order valence-electron chi connectivity index (χ2n) is 7.89. The number of methoxy groups -OCH3 is 2. The van der Waals surface area contributed by atoms with Crippen molar-refractivity contribution in [2.75, 3.05) is 25.1 Å². The van der Waals surface area contributed by atoms with Crippen LogP contribution < -0.4 is 19.1 Å². The maximum atomic E-state index is 13.5. The molecule has 0 fully saturated rings. The third-order valence-electron chi connectivity index (χ3n) is 5.45. The Balaban J connectivity index is 1.98. The Morgan fingerprint density at radius 3 is 2.24 bits per heavy atom. The normalized spacial score (nSPS) is 12.5. The van der Waals surface area contributed by atoms with Crippen LogP contribution in [0.3, 0.4) is 0 Å². The van der Waals surface area contributed by atoms with E-state index < -0.39 is 45.9 Å². The van der Waals surface area contributed by atoms with Crippen molar-refractivity contribution in [1.82, 2.24) is 5.32 Å². The maximum absolute atomic E-state index is 13.5. The number of benzene rings is 3. The van der Waals surface area contributed by atoms with Crippen molar-refractivity contribution in [2.45, 2.75) is 24.0 Å². The molecule has 0 saturated heterocycles. The van der Waals surface area contributed by atoms with Gasteiger partial charge in [0.25, 0.3) is 10.0 Å². The molecule has 0 aliphatic carbocycles. The third-order valence-corrected chi connectivity index (χ3v) is 7.54. The van der Waals surface area contributed by atoms with Gasteiger partial charge < -0.3 is 14.8 Å². The molecule has 0 spiro atoms. The average molecular weight is 557 g/mol. The monoisotopic (exact) mass is 556 g/mol. The SMILES string of the molecule is COc1ccc([C@H](C)NC(=O)CN(c2cc(C(F)(F)F)ccc2Cl)S(=O)(=O)c2ccccc2)cc1OC. The zero-order valence-corrected chi connectivity index (χ0v) is 21.6. The summed E-state index contributed by atoms with van der Waals surface area (Å²) in [5.74, 6) is 0.129. The first-order valence-electron chi connectivity index (χ1n) is 10.8. The number of halogens is 4. The van der Waals surface area contributed by atoms with E-state index >= 15 is 0 Å². The van der Waals surface area contributed by atoms with Crippen molar-refractivity contribution in [3.63, 3.8) is 0 Å². The first-order chi connectivity index (χ1) is 17.4. The number of carbonyl (C=O) groups is 1. The van der Waals surface area contributed by atoms with Gasteiger partial charge in [0.15, 0.2) is 11.5 Å². The highest BCUT2D eigenvalue weighted by Gasteiger charge is 2.34. The minimum atomic E-state index is -4.76. The van der Waals surface area contributed by atoms with E-state index in [1.807, 2.05) is 0 Å². The van der Waals surface area contributed by atoms with Crippen LogP contribution in [0.5, 0.6) is 11.5 Å². The Morgan fingerprint density at radius 1 is 1.00 bits per heavy atom. The summed E-state index contributed by atoms with van der Waals surface area (Å²) >= 11 is 6.15. The molecule has 198 valence electrons. The predicted molar refractivity (Wildman–Crippen MR) is 134 cm³/mol. The Labute approximate surface area is 217 Å². The minimum absolute atomic E-state index is 0.218. The van der Waals surface area contributed by atoms with Crippen molar-refractivity contribution in [2.24, 2.45) is 0 Å². The smallest absolute Gasteiger partial charge is 0.416 e. The average Bonchev–Trinajstić information content (AvgIpc) is 2.87. The standard InChI is InChI=1S/C25H24ClF3N2O5S/c1-16(17-9-12-22(35-2)23(13-17)36-3)30-24(32)15-31(37(33,34)19-7-5-4-6-8-19)21-14-18(25(27,28)29)10-11-20(21)26/h4-14,16H,15H2,1-3H3,(H,30,32)/t16-/m0/s1. The lowest BCUT2D eigenvalue weighted by molar-refractivity contribution is -0.137. The molecule has 0 bridgehead atoms. The number of sulfonamides is 1. The van der Waals surface area contributed by atoms with Crippen LogP contribution in [0.25, 0.3) is 0 Å². The molecule has 0 heterocycles. The lowest BCUT2D eigenvalue weighted by Gasteiger charge is -2.26. The molecule has 1 N–H and O–H groups in total. The number of anilines is 1. The van der Waals surface area contributed by atoms with Gasteiger partial charge in [-0.3, -0.25) is 9.10 Å². The Bertz CT molecular complexity index is 1370. The molecular weight excluding hydrogens is 533 g/mol. The van der Waals surface area contributed by atoms with E-state index in [0.717, 1.165) is 12.1 Å². The van der Waals surface area contributed by atoms with Crippen LogP contribution in [0.4, 0.5) is 18.9 Å². The second kappa shape index (κ2) is 11.3. The highest BCUT2D eigenvalue weighted by molar-refractivity contribution is 7.92. The maximum Gasteiger partial charge on any atom is 0.416 e. The molecule has 37 heavy (non-hydrogen) atoms. The number of carbonyl (C=O) groups excluding carboxylic acids is 1. The van der Waals surface area contributed by atoms with Gasteiger partial charge in [-0.25, -0.2) is 8.42 Å².